The van der Waals surface area contributed by atoms with Crippen LogP contribution in [-0.4, -0.2) is 18.9 Å². The molecule has 4 heteroatoms. The summed E-state index contributed by atoms with van der Waals surface area (Å²) in [5.74, 6) is -0.0668. The Morgan fingerprint density at radius 3 is 2.12 bits per heavy atom. The molecule has 0 atom stereocenters. The van der Waals surface area contributed by atoms with Gasteiger partial charge in [-0.3, -0.25) is 4.79 Å². The molecule has 0 saturated carbocycles. The standard InChI is InChI=1S/C11H16O3S.CH4/c1-8-7-9(5-6-10(8)12)15(13,14)11(2,3)4;/h7H,1,5-6H2,2-4H3;1H4. The minimum atomic E-state index is -3.31. The summed E-state index contributed by atoms with van der Waals surface area (Å²) in [4.78, 5) is 11.5. The number of hydrogen-bond donors (Lipinski definition) is 0. The summed E-state index contributed by atoms with van der Waals surface area (Å²) in [6, 6.07) is 0. The SMILES string of the molecule is C.C=C1C=C(S(=O)(=O)C(C)(C)C)CCC1=O. The van der Waals surface area contributed by atoms with E-state index in [4.69, 9.17) is 0 Å². The van der Waals surface area contributed by atoms with E-state index in [9.17, 15) is 13.2 Å². The van der Waals surface area contributed by atoms with E-state index < -0.39 is 14.6 Å². The molecule has 1 aliphatic carbocycles. The molecule has 3 nitrogen and oxygen atoms in total. The van der Waals surface area contributed by atoms with Gasteiger partial charge in [0, 0.05) is 16.9 Å². The van der Waals surface area contributed by atoms with Crippen molar-refractivity contribution in [3.8, 4) is 0 Å². The first-order valence-electron chi connectivity index (χ1n) is 4.83. The lowest BCUT2D eigenvalue weighted by Crippen LogP contribution is -2.30. The quantitative estimate of drug-likeness (QED) is 0.666. The smallest absolute Gasteiger partial charge is 0.179 e. The zero-order valence-corrected chi connectivity index (χ0v) is 10.1. The van der Waals surface area contributed by atoms with Crippen LogP contribution < -0.4 is 0 Å². The fourth-order valence-electron chi connectivity index (χ4n) is 1.35. The number of rotatable bonds is 1. The molecule has 0 aromatic carbocycles. The number of hydrogen-bond acceptors (Lipinski definition) is 3. The molecule has 0 radical (unpaired) electrons. The average molecular weight is 244 g/mol. The Morgan fingerprint density at radius 1 is 1.25 bits per heavy atom. The van der Waals surface area contributed by atoms with E-state index in [2.05, 4.69) is 6.58 Å². The Kier molecular flexibility index (Phi) is 4.28. The van der Waals surface area contributed by atoms with E-state index in [-0.39, 0.29) is 19.6 Å². The number of Topliss-reactive ketones (excluding diaryl/α,β-unsaturated/α-hetero) is 1. The third kappa shape index (κ3) is 2.61. The third-order valence-electron chi connectivity index (χ3n) is 2.44. The van der Waals surface area contributed by atoms with E-state index in [1.807, 2.05) is 0 Å². The van der Waals surface area contributed by atoms with Gasteiger partial charge in [-0.25, -0.2) is 8.42 Å². The maximum absolute atomic E-state index is 12.0. The van der Waals surface area contributed by atoms with Crippen molar-refractivity contribution < 1.29 is 13.2 Å². The monoisotopic (exact) mass is 244 g/mol. The van der Waals surface area contributed by atoms with Crippen LogP contribution in [0.15, 0.2) is 23.1 Å². The molecule has 0 saturated heterocycles. The zero-order valence-electron chi connectivity index (χ0n) is 9.33. The molecule has 0 aromatic rings. The Hall–Kier alpha value is -0.900. The van der Waals surface area contributed by atoms with E-state index >= 15 is 0 Å². The second-order valence-electron chi connectivity index (χ2n) is 4.67. The van der Waals surface area contributed by atoms with Gasteiger partial charge in [0.25, 0.3) is 0 Å². The van der Waals surface area contributed by atoms with Crippen LogP contribution in [0.1, 0.15) is 41.0 Å². The number of carbonyl (C=O) groups excluding carboxylic acids is 1. The van der Waals surface area contributed by atoms with Crippen LogP contribution in [0.4, 0.5) is 0 Å². The molecule has 0 amide bonds. The summed E-state index contributed by atoms with van der Waals surface area (Å²) in [6.45, 7) is 8.52. The summed E-state index contributed by atoms with van der Waals surface area (Å²) < 4.78 is 23.3. The molecule has 1 aliphatic rings. The van der Waals surface area contributed by atoms with Crippen LogP contribution in [-0.2, 0) is 14.6 Å². The van der Waals surface area contributed by atoms with E-state index in [1.54, 1.807) is 20.8 Å². The molecular weight excluding hydrogens is 224 g/mol. The minimum absolute atomic E-state index is 0. The summed E-state index contributed by atoms with van der Waals surface area (Å²) in [5.41, 5.74) is 0.295. The Morgan fingerprint density at radius 2 is 1.75 bits per heavy atom. The van der Waals surface area contributed by atoms with Crippen LogP contribution in [0.5, 0.6) is 0 Å². The molecule has 1 rings (SSSR count). The average Bonchev–Trinajstić information content (AvgIpc) is 2.07. The van der Waals surface area contributed by atoms with Gasteiger partial charge in [0.15, 0.2) is 15.6 Å². The van der Waals surface area contributed by atoms with Crippen LogP contribution in [0.2, 0.25) is 0 Å². The van der Waals surface area contributed by atoms with E-state index in [0.717, 1.165) is 0 Å². The van der Waals surface area contributed by atoms with Crippen molar-refractivity contribution in [2.45, 2.75) is 45.8 Å². The summed E-state index contributed by atoms with van der Waals surface area (Å²) >= 11 is 0. The predicted octanol–water partition coefficient (Wildman–Crippen LogP) is 2.64. The first-order chi connectivity index (χ1) is 6.66. The van der Waals surface area contributed by atoms with Crippen molar-refractivity contribution in [2.75, 3.05) is 0 Å². The largest absolute Gasteiger partial charge is 0.294 e. The van der Waals surface area contributed by atoms with Gasteiger partial charge < -0.3 is 0 Å². The fraction of sp³-hybridized carbons (Fsp3) is 0.583. The number of carbonyl (C=O) groups is 1. The van der Waals surface area contributed by atoms with Gasteiger partial charge in [-0.1, -0.05) is 14.0 Å². The molecule has 0 aromatic heterocycles. The summed E-state index contributed by atoms with van der Waals surface area (Å²) in [5, 5.41) is 0. The molecule has 0 bridgehead atoms. The topological polar surface area (TPSA) is 51.2 Å². The van der Waals surface area contributed by atoms with Crippen LogP contribution >= 0.6 is 0 Å². The predicted molar refractivity (Wildman–Crippen MR) is 66.9 cm³/mol. The molecular formula is C12H20O3S. The van der Waals surface area contributed by atoms with Crippen LogP contribution in [0, 0.1) is 0 Å². The van der Waals surface area contributed by atoms with Gasteiger partial charge >= 0.3 is 0 Å². The Bertz CT molecular complexity index is 433. The van der Waals surface area contributed by atoms with Crippen molar-refractivity contribution in [3.63, 3.8) is 0 Å². The van der Waals surface area contributed by atoms with Gasteiger partial charge in [0.1, 0.15) is 0 Å². The van der Waals surface area contributed by atoms with E-state index in [1.165, 1.54) is 6.08 Å². The van der Waals surface area contributed by atoms with Crippen LogP contribution in [0.3, 0.4) is 0 Å². The fourth-order valence-corrected chi connectivity index (χ4v) is 2.80. The first kappa shape index (κ1) is 15.1. The summed E-state index contributed by atoms with van der Waals surface area (Å²) in [6.07, 6.45) is 1.96. The second kappa shape index (κ2) is 4.53. The van der Waals surface area contributed by atoms with Crippen molar-refractivity contribution >= 4 is 15.6 Å². The minimum Gasteiger partial charge on any atom is -0.294 e. The molecule has 0 unspecified atom stereocenters. The molecule has 0 fully saturated rings. The molecule has 0 spiro atoms. The van der Waals surface area contributed by atoms with Gasteiger partial charge in [-0.2, -0.15) is 0 Å². The highest BCUT2D eigenvalue weighted by Crippen LogP contribution is 2.30. The van der Waals surface area contributed by atoms with Crippen molar-refractivity contribution in [1.82, 2.24) is 0 Å². The normalized spacial score (nSPS) is 17.8. The second-order valence-corrected chi connectivity index (χ2v) is 7.43. The highest BCUT2D eigenvalue weighted by molar-refractivity contribution is 7.96. The lowest BCUT2D eigenvalue weighted by Gasteiger charge is -2.23. The van der Waals surface area contributed by atoms with Crippen LogP contribution in [0.25, 0.3) is 0 Å². The molecule has 16 heavy (non-hydrogen) atoms. The van der Waals surface area contributed by atoms with Gasteiger partial charge in [-0.05, 0) is 33.3 Å². The molecule has 0 N–H and O–H groups in total. The highest BCUT2D eigenvalue weighted by Gasteiger charge is 2.34. The Labute approximate surface area is 98.2 Å². The van der Waals surface area contributed by atoms with Gasteiger partial charge in [-0.15, -0.1) is 0 Å². The summed E-state index contributed by atoms with van der Waals surface area (Å²) in [7, 11) is -3.31. The molecule has 0 aliphatic heterocycles. The molecule has 0 heterocycles. The lowest BCUT2D eigenvalue weighted by atomic mass is 10.0. The lowest BCUT2D eigenvalue weighted by molar-refractivity contribution is -0.115. The van der Waals surface area contributed by atoms with Crippen molar-refractivity contribution in [1.29, 1.82) is 0 Å². The Balaban J connectivity index is 0.00000225. The number of sulfone groups is 1. The van der Waals surface area contributed by atoms with Gasteiger partial charge in [0.05, 0.1) is 4.75 Å². The third-order valence-corrected chi connectivity index (χ3v) is 5.07. The van der Waals surface area contributed by atoms with Gasteiger partial charge in [0.2, 0.25) is 0 Å². The zero-order chi connectivity index (χ0) is 11.9. The van der Waals surface area contributed by atoms with Crippen molar-refractivity contribution in [3.05, 3.63) is 23.1 Å². The first-order valence-corrected chi connectivity index (χ1v) is 6.32. The number of ketones is 1. The van der Waals surface area contributed by atoms with Crippen molar-refractivity contribution in [2.24, 2.45) is 0 Å². The molecule has 92 valence electrons. The highest BCUT2D eigenvalue weighted by atomic mass is 32.2. The van der Waals surface area contributed by atoms with E-state index in [0.29, 0.717) is 16.9 Å². The number of allylic oxidation sites excluding steroid dienone is 3. The maximum atomic E-state index is 12.0. The maximum Gasteiger partial charge on any atom is 0.179 e.